The van der Waals surface area contributed by atoms with Crippen molar-refractivity contribution in [1.29, 1.82) is 0 Å². The van der Waals surface area contributed by atoms with Crippen LogP contribution in [0.5, 0.6) is 0 Å². The van der Waals surface area contributed by atoms with E-state index in [1.165, 1.54) is 12.0 Å². The first-order valence-electron chi connectivity index (χ1n) is 5.25. The van der Waals surface area contributed by atoms with E-state index in [0.717, 1.165) is 31.3 Å². The maximum atomic E-state index is 10.9. The molecule has 2 nitrogen and oxygen atoms in total. The van der Waals surface area contributed by atoms with Crippen molar-refractivity contribution >= 4 is 5.97 Å². The number of allylic oxidation sites excluding steroid dienone is 3. The molecule has 2 rings (SSSR count). The number of fused-ring (bicyclic) bond motifs is 1. The minimum absolute atomic E-state index is 0.163. The van der Waals surface area contributed by atoms with Crippen molar-refractivity contribution in [1.82, 2.24) is 0 Å². The maximum absolute atomic E-state index is 10.9. The number of carboxylic acids is 1. The quantitative estimate of drug-likeness (QED) is 0.683. The summed E-state index contributed by atoms with van der Waals surface area (Å²) in [6.07, 6.45) is 7.76. The highest BCUT2D eigenvalue weighted by molar-refractivity contribution is 5.70. The summed E-state index contributed by atoms with van der Waals surface area (Å²) in [6.45, 7) is 4.05. The summed E-state index contributed by atoms with van der Waals surface area (Å²) in [5, 5.41) is 8.96. The monoisotopic (exact) mass is 192 g/mol. The van der Waals surface area contributed by atoms with Gasteiger partial charge in [-0.05, 0) is 25.7 Å². The van der Waals surface area contributed by atoms with Gasteiger partial charge in [-0.1, -0.05) is 30.2 Å². The van der Waals surface area contributed by atoms with Crippen LogP contribution >= 0.6 is 0 Å². The van der Waals surface area contributed by atoms with Crippen molar-refractivity contribution in [3.63, 3.8) is 0 Å². The van der Waals surface area contributed by atoms with Gasteiger partial charge in [0.05, 0.1) is 6.42 Å². The average Bonchev–Trinajstić information content (AvgIpc) is 2.44. The molecule has 1 N–H and O–H groups in total. The third kappa shape index (κ3) is 1.29. The van der Waals surface area contributed by atoms with Crippen LogP contribution in [0.15, 0.2) is 23.8 Å². The molecule has 0 aliphatic heterocycles. The van der Waals surface area contributed by atoms with E-state index >= 15 is 0 Å². The normalized spacial score (nSPS) is 31.1. The molecule has 76 valence electrons. The van der Waals surface area contributed by atoms with Crippen LogP contribution in [0.25, 0.3) is 0 Å². The van der Waals surface area contributed by atoms with Gasteiger partial charge in [0.1, 0.15) is 0 Å². The lowest BCUT2D eigenvalue weighted by molar-refractivity contribution is -0.138. The predicted molar refractivity (Wildman–Crippen MR) is 55.0 cm³/mol. The molecule has 0 heterocycles. The molecule has 1 fully saturated rings. The summed E-state index contributed by atoms with van der Waals surface area (Å²) in [4.78, 5) is 10.9. The predicted octanol–water partition coefficient (Wildman–Crippen LogP) is 2.91. The lowest BCUT2D eigenvalue weighted by Gasteiger charge is -2.36. The van der Waals surface area contributed by atoms with Crippen molar-refractivity contribution < 1.29 is 9.90 Å². The van der Waals surface area contributed by atoms with Gasteiger partial charge in [-0.3, -0.25) is 4.79 Å². The zero-order chi connectivity index (χ0) is 10.2. The van der Waals surface area contributed by atoms with Crippen LogP contribution in [0.2, 0.25) is 0 Å². The molecule has 0 amide bonds. The van der Waals surface area contributed by atoms with Crippen LogP contribution in [-0.4, -0.2) is 11.1 Å². The fourth-order valence-corrected chi connectivity index (χ4v) is 2.87. The second-order valence-electron chi connectivity index (χ2n) is 4.40. The van der Waals surface area contributed by atoms with E-state index in [1.54, 1.807) is 0 Å². The summed E-state index contributed by atoms with van der Waals surface area (Å²) < 4.78 is 0. The highest BCUT2D eigenvalue weighted by atomic mass is 16.4. The Kier molecular flexibility index (Phi) is 2.22. The van der Waals surface area contributed by atoms with E-state index in [0.29, 0.717) is 0 Å². The van der Waals surface area contributed by atoms with E-state index in [9.17, 15) is 4.79 Å². The summed E-state index contributed by atoms with van der Waals surface area (Å²) >= 11 is 0. The van der Waals surface area contributed by atoms with E-state index in [1.807, 2.05) is 0 Å². The molecular formula is C12H16O2. The van der Waals surface area contributed by atoms with E-state index < -0.39 is 5.97 Å². The highest BCUT2D eigenvalue weighted by Crippen LogP contribution is 2.53. The molecule has 2 aliphatic carbocycles. The second kappa shape index (κ2) is 3.26. The van der Waals surface area contributed by atoms with Crippen molar-refractivity contribution in [3.8, 4) is 0 Å². The fraction of sp³-hybridized carbons (Fsp3) is 0.583. The minimum Gasteiger partial charge on any atom is -0.481 e. The summed E-state index contributed by atoms with van der Waals surface area (Å²) in [5.74, 6) is -0.694. The first-order valence-corrected chi connectivity index (χ1v) is 5.25. The van der Waals surface area contributed by atoms with Crippen LogP contribution in [0.1, 0.15) is 38.5 Å². The third-order valence-corrected chi connectivity index (χ3v) is 3.64. The van der Waals surface area contributed by atoms with Gasteiger partial charge in [-0.15, -0.1) is 0 Å². The molecule has 0 spiro atoms. The summed E-state index contributed by atoms with van der Waals surface area (Å²) in [7, 11) is 0. The lowest BCUT2D eigenvalue weighted by atomic mass is 9.67. The molecule has 0 aromatic rings. The highest BCUT2D eigenvalue weighted by Gasteiger charge is 2.42. The fourth-order valence-electron chi connectivity index (χ4n) is 2.87. The second-order valence-corrected chi connectivity index (χ2v) is 4.40. The molecule has 0 aromatic carbocycles. The molecule has 1 atom stereocenters. The van der Waals surface area contributed by atoms with Gasteiger partial charge in [0.15, 0.2) is 0 Å². The van der Waals surface area contributed by atoms with Crippen LogP contribution in [0, 0.1) is 5.41 Å². The van der Waals surface area contributed by atoms with Gasteiger partial charge in [0.2, 0.25) is 0 Å². The summed E-state index contributed by atoms with van der Waals surface area (Å²) in [5.41, 5.74) is 2.30. The van der Waals surface area contributed by atoms with Crippen LogP contribution < -0.4 is 0 Å². The molecule has 2 aliphatic rings. The molecule has 14 heavy (non-hydrogen) atoms. The number of hydrogen-bond donors (Lipinski definition) is 1. The Balaban J connectivity index is 2.30. The molecule has 1 saturated carbocycles. The largest absolute Gasteiger partial charge is 0.481 e. The number of hydrogen-bond acceptors (Lipinski definition) is 1. The summed E-state index contributed by atoms with van der Waals surface area (Å²) in [6, 6.07) is 0. The Hall–Kier alpha value is -1.05. The molecule has 0 unspecified atom stereocenters. The average molecular weight is 192 g/mol. The Morgan fingerprint density at radius 3 is 3.07 bits per heavy atom. The Morgan fingerprint density at radius 1 is 1.57 bits per heavy atom. The van der Waals surface area contributed by atoms with E-state index in [2.05, 4.69) is 12.7 Å². The van der Waals surface area contributed by atoms with Crippen LogP contribution in [-0.2, 0) is 4.79 Å². The van der Waals surface area contributed by atoms with Gasteiger partial charge in [0.25, 0.3) is 0 Å². The Bertz CT molecular complexity index is 314. The number of aliphatic carboxylic acids is 1. The molecule has 0 bridgehead atoms. The standard InChI is InChI=1S/C12H16O2/c1-9-5-6-10-4-2-3-7-12(9,10)8-11(13)14/h6H,1-5,7-8H2,(H,13,14)/t12-/m0/s1. The third-order valence-electron chi connectivity index (χ3n) is 3.64. The maximum Gasteiger partial charge on any atom is 0.304 e. The first-order chi connectivity index (χ1) is 6.65. The smallest absolute Gasteiger partial charge is 0.304 e. The number of carboxylic acid groups (broad SMARTS) is 1. The van der Waals surface area contributed by atoms with Gasteiger partial charge >= 0.3 is 5.97 Å². The van der Waals surface area contributed by atoms with Crippen molar-refractivity contribution in [2.75, 3.05) is 0 Å². The molecular weight excluding hydrogens is 176 g/mol. The van der Waals surface area contributed by atoms with E-state index in [4.69, 9.17) is 5.11 Å². The Labute approximate surface area is 84.3 Å². The van der Waals surface area contributed by atoms with Crippen molar-refractivity contribution in [3.05, 3.63) is 23.8 Å². The first kappa shape index (κ1) is 9.50. The van der Waals surface area contributed by atoms with Gasteiger partial charge in [0, 0.05) is 5.41 Å². The SMILES string of the molecule is C=C1CC=C2CCCC[C@]12CC(=O)O. The minimum atomic E-state index is -0.694. The molecule has 0 saturated heterocycles. The number of carbonyl (C=O) groups is 1. The lowest BCUT2D eigenvalue weighted by Crippen LogP contribution is -2.28. The van der Waals surface area contributed by atoms with E-state index in [-0.39, 0.29) is 11.8 Å². The molecule has 0 radical (unpaired) electrons. The number of rotatable bonds is 2. The zero-order valence-corrected chi connectivity index (χ0v) is 8.38. The van der Waals surface area contributed by atoms with Gasteiger partial charge in [-0.25, -0.2) is 0 Å². The van der Waals surface area contributed by atoms with Crippen molar-refractivity contribution in [2.24, 2.45) is 5.41 Å². The van der Waals surface area contributed by atoms with Crippen LogP contribution in [0.4, 0.5) is 0 Å². The molecule has 2 heteroatoms. The molecule has 0 aromatic heterocycles. The Morgan fingerprint density at radius 2 is 2.36 bits per heavy atom. The van der Waals surface area contributed by atoms with Crippen LogP contribution in [0.3, 0.4) is 0 Å². The van der Waals surface area contributed by atoms with Crippen molar-refractivity contribution in [2.45, 2.75) is 38.5 Å². The van der Waals surface area contributed by atoms with Gasteiger partial charge < -0.3 is 5.11 Å². The van der Waals surface area contributed by atoms with Gasteiger partial charge in [-0.2, -0.15) is 0 Å². The topological polar surface area (TPSA) is 37.3 Å². The zero-order valence-electron chi connectivity index (χ0n) is 8.38.